The molecule has 0 spiro atoms. The standard InChI is InChI=1S/C13H12N4O/c18-13(17-10-7-15-16-8-10)5-9-6-14-12-4-2-1-3-11(9)12/h1-4,6-8,14H,5H2,(H,15,16)(H,17,18). The van der Waals surface area contributed by atoms with E-state index in [1.54, 1.807) is 12.4 Å². The number of nitrogens with zero attached hydrogens (tertiary/aromatic N) is 1. The number of hydrogen-bond donors (Lipinski definition) is 3. The molecule has 0 atom stereocenters. The van der Waals surface area contributed by atoms with E-state index in [2.05, 4.69) is 20.5 Å². The molecule has 1 amide bonds. The van der Waals surface area contributed by atoms with E-state index in [1.807, 2.05) is 30.5 Å². The van der Waals surface area contributed by atoms with Crippen molar-refractivity contribution in [2.24, 2.45) is 0 Å². The van der Waals surface area contributed by atoms with Crippen molar-refractivity contribution in [3.05, 3.63) is 48.4 Å². The van der Waals surface area contributed by atoms with Crippen LogP contribution in [0.4, 0.5) is 5.69 Å². The summed E-state index contributed by atoms with van der Waals surface area (Å²) < 4.78 is 0. The number of fused-ring (bicyclic) bond motifs is 1. The van der Waals surface area contributed by atoms with Gasteiger partial charge in [0.25, 0.3) is 0 Å². The molecule has 1 aromatic carbocycles. The summed E-state index contributed by atoms with van der Waals surface area (Å²) in [7, 11) is 0. The second-order valence-corrected chi connectivity index (χ2v) is 4.07. The lowest BCUT2D eigenvalue weighted by Crippen LogP contribution is -2.13. The summed E-state index contributed by atoms with van der Waals surface area (Å²) in [5.74, 6) is -0.0545. The molecule has 0 aliphatic rings. The molecule has 2 heterocycles. The monoisotopic (exact) mass is 240 g/mol. The fourth-order valence-electron chi connectivity index (χ4n) is 1.98. The number of aromatic nitrogens is 3. The Kier molecular flexibility index (Phi) is 2.57. The maximum atomic E-state index is 11.9. The summed E-state index contributed by atoms with van der Waals surface area (Å²) in [6.45, 7) is 0. The molecule has 5 heteroatoms. The number of para-hydroxylation sites is 1. The van der Waals surface area contributed by atoms with Crippen molar-refractivity contribution in [3.8, 4) is 0 Å². The fraction of sp³-hybridized carbons (Fsp3) is 0.0769. The van der Waals surface area contributed by atoms with Crippen LogP contribution >= 0.6 is 0 Å². The molecule has 0 unspecified atom stereocenters. The van der Waals surface area contributed by atoms with E-state index in [9.17, 15) is 4.79 Å². The molecule has 0 aliphatic carbocycles. The van der Waals surface area contributed by atoms with Gasteiger partial charge in [-0.05, 0) is 11.6 Å². The number of carbonyl (C=O) groups excluding carboxylic acids is 1. The quantitative estimate of drug-likeness (QED) is 0.655. The lowest BCUT2D eigenvalue weighted by molar-refractivity contribution is -0.115. The lowest BCUT2D eigenvalue weighted by Gasteiger charge is -2.01. The molecule has 3 N–H and O–H groups in total. The molecule has 0 bridgehead atoms. The highest BCUT2D eigenvalue weighted by Gasteiger charge is 2.08. The van der Waals surface area contributed by atoms with Crippen molar-refractivity contribution in [2.75, 3.05) is 5.32 Å². The number of aromatic amines is 2. The molecule has 0 saturated heterocycles. The Labute approximate surface area is 103 Å². The van der Waals surface area contributed by atoms with Gasteiger partial charge in [-0.15, -0.1) is 0 Å². The van der Waals surface area contributed by atoms with E-state index >= 15 is 0 Å². The van der Waals surface area contributed by atoms with E-state index in [1.165, 1.54) is 0 Å². The van der Waals surface area contributed by atoms with Gasteiger partial charge in [-0.2, -0.15) is 5.10 Å². The first-order valence-electron chi connectivity index (χ1n) is 5.66. The topological polar surface area (TPSA) is 73.6 Å². The van der Waals surface area contributed by atoms with Crippen LogP contribution in [0.15, 0.2) is 42.9 Å². The van der Waals surface area contributed by atoms with Gasteiger partial charge in [0.1, 0.15) is 0 Å². The van der Waals surface area contributed by atoms with E-state index in [-0.39, 0.29) is 5.91 Å². The Hall–Kier alpha value is -2.56. The zero-order chi connectivity index (χ0) is 12.4. The average Bonchev–Trinajstić information content (AvgIpc) is 3.00. The molecule has 0 aliphatic heterocycles. The van der Waals surface area contributed by atoms with E-state index in [4.69, 9.17) is 0 Å². The smallest absolute Gasteiger partial charge is 0.228 e. The van der Waals surface area contributed by atoms with Crippen molar-refractivity contribution >= 4 is 22.5 Å². The Bertz CT molecular complexity index is 669. The number of benzene rings is 1. The Balaban J connectivity index is 1.78. The summed E-state index contributed by atoms with van der Waals surface area (Å²) >= 11 is 0. The van der Waals surface area contributed by atoms with Gasteiger partial charge in [-0.3, -0.25) is 9.89 Å². The van der Waals surface area contributed by atoms with Crippen LogP contribution in [0.3, 0.4) is 0 Å². The predicted molar refractivity (Wildman–Crippen MR) is 69.2 cm³/mol. The number of rotatable bonds is 3. The first-order valence-corrected chi connectivity index (χ1v) is 5.66. The number of H-pyrrole nitrogens is 2. The molecule has 2 aromatic heterocycles. The van der Waals surface area contributed by atoms with Gasteiger partial charge in [0.15, 0.2) is 0 Å². The van der Waals surface area contributed by atoms with Crippen LogP contribution in [0, 0.1) is 0 Å². The number of anilines is 1. The van der Waals surface area contributed by atoms with Gasteiger partial charge in [0.2, 0.25) is 5.91 Å². The molecule has 0 saturated carbocycles. The van der Waals surface area contributed by atoms with Crippen molar-refractivity contribution in [3.63, 3.8) is 0 Å². The third-order valence-corrected chi connectivity index (χ3v) is 2.81. The van der Waals surface area contributed by atoms with Crippen molar-refractivity contribution < 1.29 is 4.79 Å². The minimum absolute atomic E-state index is 0.0545. The van der Waals surface area contributed by atoms with Crippen LogP contribution in [-0.4, -0.2) is 21.1 Å². The number of amides is 1. The van der Waals surface area contributed by atoms with Crippen LogP contribution in [-0.2, 0) is 11.2 Å². The third kappa shape index (κ3) is 1.98. The van der Waals surface area contributed by atoms with E-state index in [0.29, 0.717) is 12.1 Å². The molecule has 3 aromatic rings. The van der Waals surface area contributed by atoms with Crippen LogP contribution in [0.2, 0.25) is 0 Å². The molecule has 0 radical (unpaired) electrons. The summed E-state index contributed by atoms with van der Waals surface area (Å²) in [4.78, 5) is 15.0. The van der Waals surface area contributed by atoms with E-state index < -0.39 is 0 Å². The van der Waals surface area contributed by atoms with Gasteiger partial charge < -0.3 is 10.3 Å². The van der Waals surface area contributed by atoms with Gasteiger partial charge in [-0.25, -0.2) is 0 Å². The Morgan fingerprint density at radius 1 is 1.28 bits per heavy atom. The molecular formula is C13H12N4O. The van der Waals surface area contributed by atoms with E-state index in [0.717, 1.165) is 16.5 Å². The zero-order valence-electron chi connectivity index (χ0n) is 9.60. The minimum Gasteiger partial charge on any atom is -0.361 e. The Morgan fingerprint density at radius 3 is 3.00 bits per heavy atom. The van der Waals surface area contributed by atoms with Gasteiger partial charge in [-0.1, -0.05) is 18.2 Å². The normalized spacial score (nSPS) is 10.7. The first-order chi connectivity index (χ1) is 8.83. The van der Waals surface area contributed by atoms with Crippen molar-refractivity contribution in [1.82, 2.24) is 15.2 Å². The fourth-order valence-corrected chi connectivity index (χ4v) is 1.98. The summed E-state index contributed by atoms with van der Waals surface area (Å²) in [5.41, 5.74) is 2.72. The number of carbonyl (C=O) groups is 1. The number of nitrogens with one attached hydrogen (secondary N) is 3. The first kappa shape index (κ1) is 10.6. The summed E-state index contributed by atoms with van der Waals surface area (Å²) in [6.07, 6.45) is 5.44. The maximum absolute atomic E-state index is 11.9. The minimum atomic E-state index is -0.0545. The van der Waals surface area contributed by atoms with Crippen LogP contribution in [0.25, 0.3) is 10.9 Å². The van der Waals surface area contributed by atoms with Crippen LogP contribution in [0.1, 0.15) is 5.56 Å². The average molecular weight is 240 g/mol. The third-order valence-electron chi connectivity index (χ3n) is 2.81. The van der Waals surface area contributed by atoms with Crippen LogP contribution < -0.4 is 5.32 Å². The largest absolute Gasteiger partial charge is 0.361 e. The second-order valence-electron chi connectivity index (χ2n) is 4.07. The van der Waals surface area contributed by atoms with Crippen molar-refractivity contribution in [2.45, 2.75) is 6.42 Å². The highest BCUT2D eigenvalue weighted by molar-refractivity contribution is 5.95. The number of hydrogen-bond acceptors (Lipinski definition) is 2. The molecule has 5 nitrogen and oxygen atoms in total. The highest BCUT2D eigenvalue weighted by Crippen LogP contribution is 2.18. The summed E-state index contributed by atoms with van der Waals surface area (Å²) in [5, 5.41) is 10.3. The molecule has 0 fully saturated rings. The van der Waals surface area contributed by atoms with Gasteiger partial charge in [0, 0.05) is 23.3 Å². The van der Waals surface area contributed by atoms with Crippen LogP contribution in [0.5, 0.6) is 0 Å². The highest BCUT2D eigenvalue weighted by atomic mass is 16.1. The molecular weight excluding hydrogens is 228 g/mol. The zero-order valence-corrected chi connectivity index (χ0v) is 9.60. The lowest BCUT2D eigenvalue weighted by atomic mass is 10.1. The second kappa shape index (κ2) is 4.37. The predicted octanol–water partition coefficient (Wildman–Crippen LogP) is 2.07. The van der Waals surface area contributed by atoms with Gasteiger partial charge in [0.05, 0.1) is 18.3 Å². The SMILES string of the molecule is O=C(Cc1c[nH]c2ccccc12)Nc1cn[nH]c1. The Morgan fingerprint density at radius 2 is 2.17 bits per heavy atom. The van der Waals surface area contributed by atoms with Gasteiger partial charge >= 0.3 is 0 Å². The summed E-state index contributed by atoms with van der Waals surface area (Å²) in [6, 6.07) is 7.93. The molecule has 3 rings (SSSR count). The maximum Gasteiger partial charge on any atom is 0.228 e. The van der Waals surface area contributed by atoms with Crippen molar-refractivity contribution in [1.29, 1.82) is 0 Å². The molecule has 90 valence electrons. The molecule has 18 heavy (non-hydrogen) atoms.